The van der Waals surface area contributed by atoms with Gasteiger partial charge in [0, 0.05) is 18.4 Å². The van der Waals surface area contributed by atoms with Crippen LogP contribution >= 0.6 is 0 Å². The predicted molar refractivity (Wildman–Crippen MR) is 151 cm³/mol. The van der Waals surface area contributed by atoms with Crippen LogP contribution in [0.2, 0.25) is 0 Å². The lowest BCUT2D eigenvalue weighted by Gasteiger charge is -2.24. The highest BCUT2D eigenvalue weighted by Gasteiger charge is 2.21. The van der Waals surface area contributed by atoms with Gasteiger partial charge < -0.3 is 4.90 Å². The van der Waals surface area contributed by atoms with Crippen LogP contribution in [0.3, 0.4) is 0 Å². The molecule has 0 heterocycles. The molecule has 5 aromatic carbocycles. The van der Waals surface area contributed by atoms with Crippen molar-refractivity contribution >= 4 is 28.2 Å². The van der Waals surface area contributed by atoms with Gasteiger partial charge in [0.15, 0.2) is 0 Å². The Morgan fingerprint density at radius 3 is 1.89 bits per heavy atom. The van der Waals surface area contributed by atoms with Crippen LogP contribution in [0.15, 0.2) is 109 Å². The Balaban J connectivity index is 1.54. The zero-order chi connectivity index (χ0) is 23.8. The lowest BCUT2D eigenvalue weighted by Crippen LogP contribution is -2.08. The second-order valence-corrected chi connectivity index (χ2v) is 9.44. The minimum absolute atomic E-state index is 1.07. The standard InChI is InChI=1S/C34H29N/c1-24-16-18-25(19-17-24)33-29-12-6-8-14-31(29)34(32-15-9-7-13-30(32)33)26-20-22-28(23-21-26)35(2)27-10-4-3-5-11-27/h3-6,8-12,14-23H,7,13H2,1-2H3. The molecule has 0 atom stereocenters. The maximum atomic E-state index is 2.35. The molecule has 0 N–H and O–H groups in total. The molecule has 0 radical (unpaired) electrons. The van der Waals surface area contributed by atoms with E-state index in [4.69, 9.17) is 0 Å². The van der Waals surface area contributed by atoms with E-state index >= 15 is 0 Å². The molecule has 0 saturated carbocycles. The summed E-state index contributed by atoms with van der Waals surface area (Å²) in [7, 11) is 2.13. The summed E-state index contributed by atoms with van der Waals surface area (Å²) in [5.41, 5.74) is 11.8. The number of aryl methyl sites for hydroxylation is 1. The molecule has 0 unspecified atom stereocenters. The first-order valence-electron chi connectivity index (χ1n) is 12.4. The van der Waals surface area contributed by atoms with Gasteiger partial charge in [-0.15, -0.1) is 0 Å². The highest BCUT2D eigenvalue weighted by Crippen LogP contribution is 2.44. The molecule has 0 spiro atoms. The van der Waals surface area contributed by atoms with Gasteiger partial charge in [0.2, 0.25) is 0 Å². The van der Waals surface area contributed by atoms with Gasteiger partial charge in [-0.25, -0.2) is 0 Å². The van der Waals surface area contributed by atoms with Crippen molar-refractivity contribution in [1.29, 1.82) is 0 Å². The maximum absolute atomic E-state index is 2.35. The summed E-state index contributed by atoms with van der Waals surface area (Å²) in [6.45, 7) is 2.15. The van der Waals surface area contributed by atoms with Crippen molar-refractivity contribution in [3.8, 4) is 22.3 Å². The van der Waals surface area contributed by atoms with Gasteiger partial charge >= 0.3 is 0 Å². The third kappa shape index (κ3) is 3.84. The molecule has 6 rings (SSSR count). The summed E-state index contributed by atoms with van der Waals surface area (Å²) in [4.78, 5) is 2.23. The van der Waals surface area contributed by atoms with Crippen LogP contribution in [0.4, 0.5) is 11.4 Å². The first-order chi connectivity index (χ1) is 17.2. The Bertz CT molecular complexity index is 1520. The van der Waals surface area contributed by atoms with E-state index in [0.717, 1.165) is 12.8 Å². The Morgan fingerprint density at radius 1 is 0.600 bits per heavy atom. The molecule has 1 aliphatic carbocycles. The van der Waals surface area contributed by atoms with Crippen molar-refractivity contribution in [1.82, 2.24) is 0 Å². The van der Waals surface area contributed by atoms with Crippen LogP contribution in [-0.4, -0.2) is 7.05 Å². The van der Waals surface area contributed by atoms with Crippen LogP contribution in [-0.2, 0) is 6.42 Å². The predicted octanol–water partition coefficient (Wildman–Crippen LogP) is 9.21. The van der Waals surface area contributed by atoms with E-state index < -0.39 is 0 Å². The van der Waals surface area contributed by atoms with Crippen molar-refractivity contribution in [2.75, 3.05) is 11.9 Å². The van der Waals surface area contributed by atoms with E-state index in [9.17, 15) is 0 Å². The second kappa shape index (κ2) is 8.92. The van der Waals surface area contributed by atoms with Gasteiger partial charge in [-0.05, 0) is 88.2 Å². The van der Waals surface area contributed by atoms with Crippen LogP contribution in [0, 0.1) is 6.92 Å². The zero-order valence-corrected chi connectivity index (χ0v) is 20.3. The van der Waals surface area contributed by atoms with E-state index in [-0.39, 0.29) is 0 Å². The molecule has 0 amide bonds. The maximum Gasteiger partial charge on any atom is 0.0408 e. The fraction of sp³-hybridized carbons (Fsp3) is 0.118. The van der Waals surface area contributed by atoms with E-state index in [1.165, 1.54) is 61.1 Å². The fourth-order valence-electron chi connectivity index (χ4n) is 5.40. The van der Waals surface area contributed by atoms with Crippen molar-refractivity contribution in [2.24, 2.45) is 0 Å². The molecule has 0 saturated heterocycles. The Kier molecular flexibility index (Phi) is 5.47. The molecule has 0 aliphatic heterocycles. The number of fused-ring (bicyclic) bond motifs is 2. The monoisotopic (exact) mass is 451 g/mol. The highest BCUT2D eigenvalue weighted by atomic mass is 15.1. The van der Waals surface area contributed by atoms with E-state index in [1.54, 1.807) is 0 Å². The number of allylic oxidation sites excluding steroid dienone is 1. The summed E-state index contributed by atoms with van der Waals surface area (Å²) in [5.74, 6) is 0. The SMILES string of the molecule is Cc1ccc(-c2c3c(c(-c4ccc(N(C)c5ccccc5)cc4)c4ccccc24)C=CCC3)cc1. The molecule has 0 bridgehead atoms. The highest BCUT2D eigenvalue weighted by molar-refractivity contribution is 6.10. The average Bonchev–Trinajstić information content (AvgIpc) is 2.92. The smallest absolute Gasteiger partial charge is 0.0408 e. The van der Waals surface area contributed by atoms with Crippen LogP contribution in [0.25, 0.3) is 39.1 Å². The average molecular weight is 452 g/mol. The minimum atomic E-state index is 1.07. The van der Waals surface area contributed by atoms with Gasteiger partial charge in [-0.3, -0.25) is 0 Å². The lowest BCUT2D eigenvalue weighted by molar-refractivity contribution is 0.991. The van der Waals surface area contributed by atoms with Crippen LogP contribution in [0.5, 0.6) is 0 Å². The number of rotatable bonds is 4. The Labute approximate surface area is 208 Å². The zero-order valence-electron chi connectivity index (χ0n) is 20.3. The van der Waals surface area contributed by atoms with Gasteiger partial charge in [-0.1, -0.05) is 96.6 Å². The first kappa shape index (κ1) is 21.4. The largest absolute Gasteiger partial charge is 0.345 e. The number of para-hydroxylation sites is 1. The van der Waals surface area contributed by atoms with E-state index in [0.29, 0.717) is 0 Å². The molecule has 1 heteroatoms. The van der Waals surface area contributed by atoms with Crippen molar-refractivity contribution in [2.45, 2.75) is 19.8 Å². The van der Waals surface area contributed by atoms with Gasteiger partial charge in [0.05, 0.1) is 0 Å². The minimum Gasteiger partial charge on any atom is -0.345 e. The first-order valence-corrected chi connectivity index (χ1v) is 12.4. The third-order valence-electron chi connectivity index (χ3n) is 7.23. The van der Waals surface area contributed by atoms with Crippen molar-refractivity contribution in [3.05, 3.63) is 126 Å². The van der Waals surface area contributed by atoms with E-state index in [1.807, 2.05) is 0 Å². The molecule has 5 aromatic rings. The Morgan fingerprint density at radius 2 is 1.17 bits per heavy atom. The molecule has 35 heavy (non-hydrogen) atoms. The normalized spacial score (nSPS) is 12.5. The third-order valence-corrected chi connectivity index (χ3v) is 7.23. The molecule has 0 aromatic heterocycles. The number of nitrogens with zero attached hydrogens (tertiary/aromatic N) is 1. The summed E-state index contributed by atoms with van der Waals surface area (Å²) in [5, 5.41) is 2.66. The number of anilines is 2. The molecule has 0 fully saturated rings. The number of hydrogen-bond acceptors (Lipinski definition) is 1. The topological polar surface area (TPSA) is 3.24 Å². The molecular formula is C34H29N. The van der Waals surface area contributed by atoms with Gasteiger partial charge in [0.1, 0.15) is 0 Å². The molecular weight excluding hydrogens is 422 g/mol. The van der Waals surface area contributed by atoms with E-state index in [2.05, 4.69) is 134 Å². The second-order valence-electron chi connectivity index (χ2n) is 9.44. The van der Waals surface area contributed by atoms with Crippen molar-refractivity contribution < 1.29 is 0 Å². The summed E-state index contributed by atoms with van der Waals surface area (Å²) >= 11 is 0. The Hall–Kier alpha value is -4.10. The number of benzene rings is 5. The van der Waals surface area contributed by atoms with Gasteiger partial charge in [-0.2, -0.15) is 0 Å². The summed E-state index contributed by atoms with van der Waals surface area (Å²) in [6.07, 6.45) is 6.84. The number of hydrogen-bond donors (Lipinski definition) is 0. The van der Waals surface area contributed by atoms with Crippen LogP contribution in [0.1, 0.15) is 23.1 Å². The summed E-state index contributed by atoms with van der Waals surface area (Å²) < 4.78 is 0. The summed E-state index contributed by atoms with van der Waals surface area (Å²) in [6, 6.07) is 37.5. The fourth-order valence-corrected chi connectivity index (χ4v) is 5.40. The molecule has 1 aliphatic rings. The molecule has 1 nitrogen and oxygen atoms in total. The molecule has 170 valence electrons. The van der Waals surface area contributed by atoms with Gasteiger partial charge in [0.25, 0.3) is 0 Å². The van der Waals surface area contributed by atoms with Crippen molar-refractivity contribution in [3.63, 3.8) is 0 Å². The lowest BCUT2D eigenvalue weighted by atomic mass is 9.80. The van der Waals surface area contributed by atoms with Crippen LogP contribution < -0.4 is 4.90 Å². The quantitative estimate of drug-likeness (QED) is 0.263.